The molecule has 2 nitrogen and oxygen atoms in total. The van der Waals surface area contributed by atoms with Gasteiger partial charge in [-0.15, -0.1) is 11.3 Å². The molecule has 1 unspecified atom stereocenters. The standard InChI is InChI=1S/C14H18N2S/c1-12(14-16-9-10-17-14)11-15-8-7-13-5-3-2-4-6-13/h2-6,9-10,12,15H,7-8,11H2,1H3. The van der Waals surface area contributed by atoms with E-state index >= 15 is 0 Å². The maximum Gasteiger partial charge on any atom is 0.0965 e. The molecule has 0 amide bonds. The van der Waals surface area contributed by atoms with Crippen molar-refractivity contribution in [3.63, 3.8) is 0 Å². The Balaban J connectivity index is 1.67. The van der Waals surface area contributed by atoms with Crippen LogP contribution < -0.4 is 5.32 Å². The Hall–Kier alpha value is -1.19. The van der Waals surface area contributed by atoms with Gasteiger partial charge in [0.05, 0.1) is 5.01 Å². The smallest absolute Gasteiger partial charge is 0.0965 e. The second-order valence-corrected chi connectivity index (χ2v) is 5.14. The summed E-state index contributed by atoms with van der Waals surface area (Å²) in [5, 5.41) is 6.75. The zero-order valence-electron chi connectivity index (χ0n) is 10.1. The van der Waals surface area contributed by atoms with Gasteiger partial charge < -0.3 is 5.32 Å². The van der Waals surface area contributed by atoms with Crippen LogP contribution in [-0.2, 0) is 6.42 Å². The fourth-order valence-corrected chi connectivity index (χ4v) is 2.46. The average Bonchev–Trinajstić information content (AvgIpc) is 2.89. The monoisotopic (exact) mass is 246 g/mol. The fourth-order valence-electron chi connectivity index (χ4n) is 1.76. The summed E-state index contributed by atoms with van der Waals surface area (Å²) in [7, 11) is 0. The molecule has 17 heavy (non-hydrogen) atoms. The highest BCUT2D eigenvalue weighted by Gasteiger charge is 2.06. The Bertz CT molecular complexity index is 411. The lowest BCUT2D eigenvalue weighted by atomic mass is 10.1. The molecule has 0 aliphatic heterocycles. The van der Waals surface area contributed by atoms with E-state index in [9.17, 15) is 0 Å². The van der Waals surface area contributed by atoms with Crippen LogP contribution in [0.25, 0.3) is 0 Å². The van der Waals surface area contributed by atoms with Crippen molar-refractivity contribution in [2.24, 2.45) is 0 Å². The first-order valence-corrected chi connectivity index (χ1v) is 6.88. The molecule has 1 atom stereocenters. The van der Waals surface area contributed by atoms with Crippen molar-refractivity contribution in [2.75, 3.05) is 13.1 Å². The quantitative estimate of drug-likeness (QED) is 0.792. The van der Waals surface area contributed by atoms with Gasteiger partial charge in [0.1, 0.15) is 0 Å². The molecule has 0 bridgehead atoms. The Labute approximate surface area is 107 Å². The van der Waals surface area contributed by atoms with Crippen LogP contribution in [-0.4, -0.2) is 18.1 Å². The van der Waals surface area contributed by atoms with E-state index in [4.69, 9.17) is 0 Å². The molecule has 1 aromatic carbocycles. The minimum Gasteiger partial charge on any atom is -0.316 e. The number of rotatable bonds is 6. The van der Waals surface area contributed by atoms with E-state index in [2.05, 4.69) is 47.6 Å². The predicted octanol–water partition coefficient (Wildman–Crippen LogP) is 3.08. The van der Waals surface area contributed by atoms with Crippen molar-refractivity contribution >= 4 is 11.3 Å². The van der Waals surface area contributed by atoms with Crippen molar-refractivity contribution in [1.29, 1.82) is 0 Å². The lowest BCUT2D eigenvalue weighted by Crippen LogP contribution is -2.22. The molecule has 3 heteroatoms. The van der Waals surface area contributed by atoms with Crippen LogP contribution in [0.15, 0.2) is 41.9 Å². The summed E-state index contributed by atoms with van der Waals surface area (Å²) in [5.74, 6) is 0.505. The molecule has 0 saturated heterocycles. The first-order chi connectivity index (χ1) is 8.36. The van der Waals surface area contributed by atoms with Crippen molar-refractivity contribution in [2.45, 2.75) is 19.3 Å². The van der Waals surface area contributed by atoms with Gasteiger partial charge in [-0.1, -0.05) is 37.3 Å². The van der Waals surface area contributed by atoms with Crippen LogP contribution in [0.3, 0.4) is 0 Å². The lowest BCUT2D eigenvalue weighted by Gasteiger charge is -2.09. The molecule has 1 N–H and O–H groups in total. The third kappa shape index (κ3) is 3.95. The second-order valence-electron chi connectivity index (χ2n) is 4.21. The van der Waals surface area contributed by atoms with E-state index < -0.39 is 0 Å². The number of thiazole rings is 1. The summed E-state index contributed by atoms with van der Waals surface area (Å²) < 4.78 is 0. The first kappa shape index (κ1) is 12.3. The Morgan fingerprint density at radius 1 is 1.29 bits per heavy atom. The second kappa shape index (κ2) is 6.52. The van der Waals surface area contributed by atoms with E-state index in [1.807, 2.05) is 11.6 Å². The van der Waals surface area contributed by atoms with Crippen LogP contribution in [0.5, 0.6) is 0 Å². The van der Waals surface area contributed by atoms with Crippen molar-refractivity contribution in [3.05, 3.63) is 52.5 Å². The SMILES string of the molecule is CC(CNCCc1ccccc1)c1nccs1. The van der Waals surface area contributed by atoms with E-state index in [1.165, 1.54) is 10.6 Å². The molecule has 0 spiro atoms. The average molecular weight is 246 g/mol. The van der Waals surface area contributed by atoms with E-state index in [1.54, 1.807) is 11.3 Å². The highest BCUT2D eigenvalue weighted by molar-refractivity contribution is 7.09. The zero-order chi connectivity index (χ0) is 11.9. The predicted molar refractivity (Wildman–Crippen MR) is 73.5 cm³/mol. The number of hydrogen-bond donors (Lipinski definition) is 1. The Morgan fingerprint density at radius 3 is 2.82 bits per heavy atom. The number of benzene rings is 1. The van der Waals surface area contributed by atoms with Crippen molar-refractivity contribution < 1.29 is 0 Å². The molecular formula is C14H18N2S. The molecule has 0 radical (unpaired) electrons. The van der Waals surface area contributed by atoms with Gasteiger partial charge in [-0.25, -0.2) is 4.98 Å². The van der Waals surface area contributed by atoms with E-state index in [-0.39, 0.29) is 0 Å². The largest absolute Gasteiger partial charge is 0.316 e. The van der Waals surface area contributed by atoms with Crippen molar-refractivity contribution in [1.82, 2.24) is 10.3 Å². The van der Waals surface area contributed by atoms with Crippen LogP contribution in [0.1, 0.15) is 23.4 Å². The number of aromatic nitrogens is 1. The first-order valence-electron chi connectivity index (χ1n) is 6.00. The minimum atomic E-state index is 0.505. The van der Waals surface area contributed by atoms with Gasteiger partial charge in [-0.3, -0.25) is 0 Å². The van der Waals surface area contributed by atoms with Crippen molar-refractivity contribution in [3.8, 4) is 0 Å². The van der Waals surface area contributed by atoms with Gasteiger partial charge in [0, 0.05) is 24.0 Å². The number of nitrogens with one attached hydrogen (secondary N) is 1. The van der Waals surface area contributed by atoms with Gasteiger partial charge in [0.2, 0.25) is 0 Å². The van der Waals surface area contributed by atoms with E-state index in [0.29, 0.717) is 5.92 Å². The fraction of sp³-hybridized carbons (Fsp3) is 0.357. The molecule has 2 aromatic rings. The van der Waals surface area contributed by atoms with Crippen LogP contribution >= 0.6 is 11.3 Å². The molecular weight excluding hydrogens is 228 g/mol. The number of hydrogen-bond acceptors (Lipinski definition) is 3. The summed E-state index contributed by atoms with van der Waals surface area (Å²) in [6.45, 7) is 4.24. The van der Waals surface area contributed by atoms with Gasteiger partial charge in [0.25, 0.3) is 0 Å². The minimum absolute atomic E-state index is 0.505. The molecule has 90 valence electrons. The molecule has 0 saturated carbocycles. The van der Waals surface area contributed by atoms with Crippen LogP contribution in [0, 0.1) is 0 Å². The Kier molecular flexibility index (Phi) is 4.71. The van der Waals surface area contributed by atoms with Gasteiger partial charge in [0.15, 0.2) is 0 Å². The molecule has 0 aliphatic rings. The van der Waals surface area contributed by atoms with Crippen LogP contribution in [0.4, 0.5) is 0 Å². The zero-order valence-corrected chi connectivity index (χ0v) is 10.9. The summed E-state index contributed by atoms with van der Waals surface area (Å²) >= 11 is 1.73. The highest BCUT2D eigenvalue weighted by atomic mass is 32.1. The highest BCUT2D eigenvalue weighted by Crippen LogP contribution is 2.16. The van der Waals surface area contributed by atoms with E-state index in [0.717, 1.165) is 19.5 Å². The lowest BCUT2D eigenvalue weighted by molar-refractivity contribution is 0.613. The summed E-state index contributed by atoms with van der Waals surface area (Å²) in [4.78, 5) is 4.33. The van der Waals surface area contributed by atoms with Gasteiger partial charge >= 0.3 is 0 Å². The van der Waals surface area contributed by atoms with Gasteiger partial charge in [-0.05, 0) is 18.5 Å². The summed E-state index contributed by atoms with van der Waals surface area (Å²) in [6, 6.07) is 10.6. The topological polar surface area (TPSA) is 24.9 Å². The van der Waals surface area contributed by atoms with Gasteiger partial charge in [-0.2, -0.15) is 0 Å². The Morgan fingerprint density at radius 2 is 2.12 bits per heavy atom. The third-order valence-corrected chi connectivity index (χ3v) is 3.76. The molecule has 1 aromatic heterocycles. The summed E-state index contributed by atoms with van der Waals surface area (Å²) in [6.07, 6.45) is 2.96. The molecule has 1 heterocycles. The molecule has 2 rings (SSSR count). The normalized spacial score (nSPS) is 12.5. The number of nitrogens with zero attached hydrogens (tertiary/aromatic N) is 1. The molecule has 0 fully saturated rings. The maximum absolute atomic E-state index is 4.33. The van der Waals surface area contributed by atoms with Crippen LogP contribution in [0.2, 0.25) is 0 Å². The maximum atomic E-state index is 4.33. The molecule has 0 aliphatic carbocycles. The summed E-state index contributed by atoms with van der Waals surface area (Å²) in [5.41, 5.74) is 1.39. The third-order valence-electron chi connectivity index (χ3n) is 2.76.